The Labute approximate surface area is 242 Å². The van der Waals surface area contributed by atoms with Crippen LogP contribution in [0.4, 0.5) is 11.5 Å². The highest BCUT2D eigenvalue weighted by molar-refractivity contribution is 6.36. The minimum absolute atomic E-state index is 0.00897. The molecular formula is C28H32ClN9O3. The van der Waals surface area contributed by atoms with Gasteiger partial charge in [0.1, 0.15) is 17.9 Å². The molecule has 2 aliphatic heterocycles. The van der Waals surface area contributed by atoms with Crippen LogP contribution >= 0.6 is 11.6 Å². The lowest BCUT2D eigenvalue weighted by Gasteiger charge is -2.28. The fraction of sp³-hybridized carbons (Fsp3) is 0.393. The van der Waals surface area contributed by atoms with Crippen molar-refractivity contribution in [2.24, 2.45) is 7.05 Å². The van der Waals surface area contributed by atoms with Crippen LogP contribution in [0.2, 0.25) is 5.02 Å². The second-order valence-corrected chi connectivity index (χ2v) is 10.6. The fourth-order valence-electron chi connectivity index (χ4n) is 5.21. The number of para-hydroxylation sites is 1. The van der Waals surface area contributed by atoms with Crippen LogP contribution in [0.3, 0.4) is 0 Å². The molecule has 1 aromatic carbocycles. The smallest absolute Gasteiger partial charge is 0.271 e. The Kier molecular flexibility index (Phi) is 8.45. The van der Waals surface area contributed by atoms with Crippen molar-refractivity contribution in [3.8, 4) is 6.07 Å². The lowest BCUT2D eigenvalue weighted by atomic mass is 10.1. The number of nitriles is 1. The van der Waals surface area contributed by atoms with Crippen LogP contribution in [-0.4, -0.2) is 74.5 Å². The largest absolute Gasteiger partial charge is 0.359 e. The lowest BCUT2D eigenvalue weighted by Crippen LogP contribution is -2.49. The van der Waals surface area contributed by atoms with E-state index < -0.39 is 11.9 Å². The maximum Gasteiger partial charge on any atom is 0.271 e. The molecule has 2 fully saturated rings. The highest BCUT2D eigenvalue weighted by atomic mass is 35.5. The number of aryl methyl sites for hydroxylation is 1. The molecule has 2 aliphatic rings. The Morgan fingerprint density at radius 2 is 1.93 bits per heavy atom. The topological polar surface area (TPSA) is 151 Å². The summed E-state index contributed by atoms with van der Waals surface area (Å²) in [5.41, 5.74) is 0.962. The molecule has 12 nitrogen and oxygen atoms in total. The molecule has 0 radical (unpaired) electrons. The maximum absolute atomic E-state index is 13.7. The summed E-state index contributed by atoms with van der Waals surface area (Å²) in [7, 11) is 1.71. The zero-order chi connectivity index (χ0) is 28.9. The number of hydrogen-bond acceptors (Lipinski definition) is 7. The molecule has 0 bridgehead atoms. The first kappa shape index (κ1) is 28.0. The number of benzene rings is 1. The zero-order valence-corrected chi connectivity index (χ0v) is 23.5. The number of rotatable bonds is 8. The number of carbonyl (C=O) groups is 3. The Morgan fingerprint density at radius 1 is 1.15 bits per heavy atom. The monoisotopic (exact) mass is 577 g/mol. The van der Waals surface area contributed by atoms with E-state index in [2.05, 4.69) is 26.0 Å². The third-order valence-electron chi connectivity index (χ3n) is 7.35. The maximum atomic E-state index is 13.7. The minimum Gasteiger partial charge on any atom is -0.359 e. The standard InChI is InChI=1S/C28H32ClN9O3/c1-36-14-10-23(35-36)34-27(40)19(15-30)26(32-21-9-6-7-18-20(29)16-31-25(18)21)33-22-8-2-3-13-38(28(22)41)17-24(39)37-11-4-5-12-37/h6-7,9-10,14,16,22,31-33H,2-5,8,11-13,17H2,1H3,(H,34,35,40)/t22-/m0/s1. The third-order valence-corrected chi connectivity index (χ3v) is 7.67. The molecule has 4 heterocycles. The van der Waals surface area contributed by atoms with Gasteiger partial charge in [0.05, 0.1) is 22.8 Å². The Morgan fingerprint density at radius 3 is 2.66 bits per heavy atom. The zero-order valence-electron chi connectivity index (χ0n) is 22.7. The van der Waals surface area contributed by atoms with Crippen LogP contribution in [0.15, 0.2) is 48.1 Å². The van der Waals surface area contributed by atoms with Gasteiger partial charge in [-0.25, -0.2) is 0 Å². The van der Waals surface area contributed by atoms with Crippen LogP contribution in [0.5, 0.6) is 0 Å². The highest BCUT2D eigenvalue weighted by Crippen LogP contribution is 2.29. The minimum atomic E-state index is -0.760. The van der Waals surface area contributed by atoms with Crippen LogP contribution in [-0.2, 0) is 21.4 Å². The van der Waals surface area contributed by atoms with Gasteiger partial charge in [-0.15, -0.1) is 0 Å². The van der Waals surface area contributed by atoms with E-state index in [9.17, 15) is 19.6 Å². The van der Waals surface area contributed by atoms with Gasteiger partial charge >= 0.3 is 0 Å². The molecule has 13 heteroatoms. The van der Waals surface area contributed by atoms with Gasteiger partial charge in [0.25, 0.3) is 5.91 Å². The van der Waals surface area contributed by atoms with E-state index in [1.807, 2.05) is 12.1 Å². The number of carbonyl (C=O) groups excluding carboxylic acids is 3. The van der Waals surface area contributed by atoms with E-state index in [-0.39, 0.29) is 35.6 Å². The fourth-order valence-corrected chi connectivity index (χ4v) is 5.42. The summed E-state index contributed by atoms with van der Waals surface area (Å²) >= 11 is 6.32. The molecule has 214 valence electrons. The van der Waals surface area contributed by atoms with E-state index in [0.717, 1.165) is 31.1 Å². The number of fused-ring (bicyclic) bond motifs is 1. The molecule has 0 unspecified atom stereocenters. The van der Waals surface area contributed by atoms with Crippen molar-refractivity contribution in [1.29, 1.82) is 5.26 Å². The van der Waals surface area contributed by atoms with Gasteiger partial charge in [-0.3, -0.25) is 19.1 Å². The summed E-state index contributed by atoms with van der Waals surface area (Å²) in [6.45, 7) is 1.90. The van der Waals surface area contributed by atoms with Crippen molar-refractivity contribution >= 4 is 51.7 Å². The number of aromatic nitrogens is 3. The van der Waals surface area contributed by atoms with Gasteiger partial charge in [0.2, 0.25) is 11.8 Å². The van der Waals surface area contributed by atoms with Gasteiger partial charge in [0.15, 0.2) is 11.4 Å². The van der Waals surface area contributed by atoms with E-state index >= 15 is 0 Å². The predicted octanol–water partition coefficient (Wildman–Crippen LogP) is 2.93. The van der Waals surface area contributed by atoms with Gasteiger partial charge in [0, 0.05) is 50.5 Å². The van der Waals surface area contributed by atoms with Gasteiger partial charge in [-0.05, 0) is 38.2 Å². The lowest BCUT2D eigenvalue weighted by molar-refractivity contribution is -0.140. The molecule has 5 rings (SSSR count). The first-order valence-corrected chi connectivity index (χ1v) is 14.0. The summed E-state index contributed by atoms with van der Waals surface area (Å²) in [5, 5.41) is 24.5. The van der Waals surface area contributed by atoms with E-state index in [1.54, 1.807) is 47.4 Å². The predicted molar refractivity (Wildman–Crippen MR) is 155 cm³/mol. The number of nitrogens with one attached hydrogen (secondary N) is 4. The number of H-pyrrole nitrogens is 1. The number of aromatic amines is 1. The molecule has 2 aromatic heterocycles. The Balaban J connectivity index is 1.45. The average molecular weight is 578 g/mol. The Bertz CT molecular complexity index is 1530. The van der Waals surface area contributed by atoms with Crippen LogP contribution in [0, 0.1) is 11.3 Å². The molecule has 3 amide bonds. The van der Waals surface area contributed by atoms with Crippen LogP contribution in [0.25, 0.3) is 10.9 Å². The first-order valence-electron chi connectivity index (χ1n) is 13.6. The SMILES string of the molecule is Cn1ccc(NC(=O)C(C#N)=C(Nc2cccc3c(Cl)c[nH]c23)N[C@H]2CCCCN(CC(=O)N3CCCC3)C2=O)n1. The first-order chi connectivity index (χ1) is 19.8. The summed E-state index contributed by atoms with van der Waals surface area (Å²) in [6.07, 6.45) is 7.21. The van der Waals surface area contributed by atoms with E-state index in [1.165, 1.54) is 4.68 Å². The molecule has 3 aromatic rings. The quantitative estimate of drug-likeness (QED) is 0.237. The van der Waals surface area contributed by atoms with Gasteiger partial charge < -0.3 is 30.7 Å². The number of amides is 3. The number of halogens is 1. The second-order valence-electron chi connectivity index (χ2n) is 10.2. The van der Waals surface area contributed by atoms with Crippen molar-refractivity contribution in [2.45, 2.75) is 38.1 Å². The number of likely N-dealkylation sites (tertiary alicyclic amines) is 2. The van der Waals surface area contributed by atoms with Crippen molar-refractivity contribution in [3.63, 3.8) is 0 Å². The number of nitrogens with zero attached hydrogens (tertiary/aromatic N) is 5. The molecule has 4 N–H and O–H groups in total. The number of hydrogen-bond donors (Lipinski definition) is 4. The summed E-state index contributed by atoms with van der Waals surface area (Å²) in [4.78, 5) is 46.3. The van der Waals surface area contributed by atoms with Gasteiger partial charge in [-0.1, -0.05) is 23.7 Å². The summed E-state index contributed by atoms with van der Waals surface area (Å²) in [6, 6.07) is 8.26. The third kappa shape index (κ3) is 6.30. The molecule has 2 saturated heterocycles. The molecule has 0 saturated carbocycles. The Hall–Kier alpha value is -4.50. The van der Waals surface area contributed by atoms with Crippen molar-refractivity contribution in [3.05, 3.63) is 53.1 Å². The van der Waals surface area contributed by atoms with Crippen molar-refractivity contribution < 1.29 is 14.4 Å². The van der Waals surface area contributed by atoms with Crippen molar-refractivity contribution in [2.75, 3.05) is 36.8 Å². The normalized spacial score (nSPS) is 18.1. The van der Waals surface area contributed by atoms with Crippen molar-refractivity contribution in [1.82, 2.24) is 29.9 Å². The van der Waals surface area contributed by atoms with Gasteiger partial charge in [-0.2, -0.15) is 10.4 Å². The molecule has 1 atom stereocenters. The van der Waals surface area contributed by atoms with E-state index in [0.29, 0.717) is 42.3 Å². The summed E-state index contributed by atoms with van der Waals surface area (Å²) < 4.78 is 1.53. The van der Waals surface area contributed by atoms with Crippen LogP contribution in [0.1, 0.15) is 32.1 Å². The second kappa shape index (κ2) is 12.3. The molecular weight excluding hydrogens is 546 g/mol. The summed E-state index contributed by atoms with van der Waals surface area (Å²) in [5.74, 6) is -0.670. The highest BCUT2D eigenvalue weighted by Gasteiger charge is 2.32. The molecule has 41 heavy (non-hydrogen) atoms. The van der Waals surface area contributed by atoms with E-state index in [4.69, 9.17) is 11.6 Å². The molecule has 0 spiro atoms. The van der Waals surface area contributed by atoms with Crippen LogP contribution < -0.4 is 16.0 Å². The molecule has 0 aliphatic carbocycles. The average Bonchev–Trinajstić information content (AvgIpc) is 3.70. The number of anilines is 2.